The van der Waals surface area contributed by atoms with E-state index in [4.69, 9.17) is 0 Å². The summed E-state index contributed by atoms with van der Waals surface area (Å²) in [5, 5.41) is 5.91. The van der Waals surface area contributed by atoms with Crippen LogP contribution in [0.4, 0.5) is 10.1 Å². The smallest absolute Gasteiger partial charge is 0.235 e. The van der Waals surface area contributed by atoms with Gasteiger partial charge in [-0.2, -0.15) is 0 Å². The van der Waals surface area contributed by atoms with Crippen LogP contribution in [0.25, 0.3) is 0 Å². The molecule has 1 saturated heterocycles. The third-order valence-corrected chi connectivity index (χ3v) is 5.91. The van der Waals surface area contributed by atoms with Crippen molar-refractivity contribution in [2.75, 3.05) is 37.6 Å². The van der Waals surface area contributed by atoms with Crippen molar-refractivity contribution < 1.29 is 9.18 Å². The summed E-state index contributed by atoms with van der Waals surface area (Å²) in [5.41, 5.74) is 1.64. The molecule has 1 atom stereocenters. The Morgan fingerprint density at radius 1 is 1.07 bits per heavy atom. The third kappa shape index (κ3) is 4.81. The van der Waals surface area contributed by atoms with Crippen LogP contribution in [-0.4, -0.2) is 48.5 Å². The van der Waals surface area contributed by atoms with E-state index in [1.54, 1.807) is 18.3 Å². The second kappa shape index (κ2) is 9.15. The Kier molecular flexibility index (Phi) is 6.17. The molecule has 3 aromatic rings. The van der Waals surface area contributed by atoms with Crippen molar-refractivity contribution >= 4 is 22.9 Å². The highest BCUT2D eigenvalue weighted by molar-refractivity contribution is 7.09. The first kappa shape index (κ1) is 19.5. The van der Waals surface area contributed by atoms with Crippen molar-refractivity contribution in [1.82, 2.24) is 15.2 Å². The summed E-state index contributed by atoms with van der Waals surface area (Å²) in [6.07, 6.45) is 1.75. The molecule has 0 saturated carbocycles. The molecule has 0 radical (unpaired) electrons. The normalized spacial score (nSPS) is 15.8. The number of carbonyl (C=O) groups is 1. The first-order valence-corrected chi connectivity index (χ1v) is 10.5. The Hall–Kier alpha value is -2.77. The first-order valence-electron chi connectivity index (χ1n) is 9.66. The fourth-order valence-electron chi connectivity index (χ4n) is 3.57. The number of thiazole rings is 1. The monoisotopic (exact) mass is 410 g/mol. The number of hydrogen-bond acceptors (Lipinski definition) is 5. The highest BCUT2D eigenvalue weighted by Crippen LogP contribution is 2.24. The van der Waals surface area contributed by atoms with Crippen molar-refractivity contribution in [1.29, 1.82) is 0 Å². The number of nitrogens with zero attached hydrogens (tertiary/aromatic N) is 3. The SMILES string of the molecule is O=C(CN1CCN(c2ccccc2F)CC1)NC(c1ccccc1)c1nccs1. The molecule has 5 nitrogen and oxygen atoms in total. The van der Waals surface area contributed by atoms with Gasteiger partial charge in [-0.05, 0) is 17.7 Å². The van der Waals surface area contributed by atoms with Crippen LogP contribution < -0.4 is 10.2 Å². The van der Waals surface area contributed by atoms with Gasteiger partial charge in [-0.15, -0.1) is 11.3 Å². The van der Waals surface area contributed by atoms with Gasteiger partial charge in [0, 0.05) is 37.8 Å². The standard InChI is InChI=1S/C22H23FN4OS/c23-18-8-4-5-9-19(18)27-13-11-26(12-14-27)16-20(28)25-21(22-24-10-15-29-22)17-6-2-1-3-7-17/h1-10,15,21H,11-14,16H2,(H,25,28). The molecule has 1 N–H and O–H groups in total. The second-order valence-electron chi connectivity index (χ2n) is 7.00. The molecule has 4 rings (SSSR count). The van der Waals surface area contributed by atoms with Gasteiger partial charge in [0.05, 0.1) is 12.2 Å². The zero-order valence-electron chi connectivity index (χ0n) is 16.0. The van der Waals surface area contributed by atoms with Crippen molar-refractivity contribution in [3.05, 3.63) is 82.6 Å². The topological polar surface area (TPSA) is 48.5 Å². The molecule has 2 aromatic carbocycles. The molecule has 1 amide bonds. The molecular formula is C22H23FN4OS. The van der Waals surface area contributed by atoms with Gasteiger partial charge in [-0.1, -0.05) is 42.5 Å². The number of hydrogen-bond donors (Lipinski definition) is 1. The molecule has 1 aliphatic rings. The lowest BCUT2D eigenvalue weighted by Gasteiger charge is -2.36. The second-order valence-corrected chi connectivity index (χ2v) is 7.92. The lowest BCUT2D eigenvalue weighted by atomic mass is 10.1. The van der Waals surface area contributed by atoms with E-state index in [2.05, 4.69) is 15.2 Å². The van der Waals surface area contributed by atoms with Crippen molar-refractivity contribution in [3.63, 3.8) is 0 Å². The minimum absolute atomic E-state index is 0.0339. The Balaban J connectivity index is 1.35. The van der Waals surface area contributed by atoms with E-state index in [0.717, 1.165) is 23.7 Å². The van der Waals surface area contributed by atoms with Crippen LogP contribution in [-0.2, 0) is 4.79 Å². The zero-order valence-corrected chi connectivity index (χ0v) is 16.8. The van der Waals surface area contributed by atoms with Crippen LogP contribution in [0.2, 0.25) is 0 Å². The molecule has 0 aliphatic carbocycles. The summed E-state index contributed by atoms with van der Waals surface area (Å²) < 4.78 is 14.0. The fraction of sp³-hybridized carbons (Fsp3) is 0.273. The van der Waals surface area contributed by atoms with Crippen LogP contribution in [0.5, 0.6) is 0 Å². The van der Waals surface area contributed by atoms with Gasteiger partial charge < -0.3 is 10.2 Å². The van der Waals surface area contributed by atoms with Gasteiger partial charge in [0.25, 0.3) is 0 Å². The summed E-state index contributed by atoms with van der Waals surface area (Å²) in [6.45, 7) is 3.15. The van der Waals surface area contributed by atoms with Crippen molar-refractivity contribution in [2.45, 2.75) is 6.04 Å². The number of halogens is 1. The maximum atomic E-state index is 14.0. The number of amides is 1. The van der Waals surface area contributed by atoms with Crippen LogP contribution >= 0.6 is 11.3 Å². The number of anilines is 1. The highest BCUT2D eigenvalue weighted by atomic mass is 32.1. The molecule has 29 heavy (non-hydrogen) atoms. The maximum Gasteiger partial charge on any atom is 0.235 e. The van der Waals surface area contributed by atoms with Crippen molar-refractivity contribution in [3.8, 4) is 0 Å². The van der Waals surface area contributed by atoms with E-state index in [1.165, 1.54) is 17.4 Å². The predicted octanol–water partition coefficient (Wildman–Crippen LogP) is 3.31. The maximum absolute atomic E-state index is 14.0. The molecule has 150 valence electrons. The molecule has 7 heteroatoms. The Morgan fingerprint density at radius 3 is 2.48 bits per heavy atom. The van der Waals surface area contributed by atoms with Gasteiger partial charge in [0.1, 0.15) is 16.9 Å². The number of benzene rings is 2. The van der Waals surface area contributed by atoms with Crippen LogP contribution in [0.1, 0.15) is 16.6 Å². The molecule has 1 aromatic heterocycles. The lowest BCUT2D eigenvalue weighted by molar-refractivity contribution is -0.122. The van der Waals surface area contributed by atoms with E-state index in [0.29, 0.717) is 25.3 Å². The average Bonchev–Trinajstić information content (AvgIpc) is 3.28. The fourth-order valence-corrected chi connectivity index (χ4v) is 4.29. The van der Waals surface area contributed by atoms with E-state index in [9.17, 15) is 9.18 Å². The Morgan fingerprint density at radius 2 is 1.79 bits per heavy atom. The minimum atomic E-state index is -0.247. The van der Waals surface area contributed by atoms with Gasteiger partial charge in [0.2, 0.25) is 5.91 Å². The van der Waals surface area contributed by atoms with E-state index < -0.39 is 0 Å². The van der Waals surface area contributed by atoms with Crippen molar-refractivity contribution in [2.24, 2.45) is 0 Å². The summed E-state index contributed by atoms with van der Waals surface area (Å²) in [5.74, 6) is -0.235. The molecule has 1 aliphatic heterocycles. The molecular weight excluding hydrogens is 387 g/mol. The number of para-hydroxylation sites is 1. The van der Waals surface area contributed by atoms with Gasteiger partial charge in [-0.3, -0.25) is 9.69 Å². The molecule has 1 fully saturated rings. The molecule has 2 heterocycles. The first-order chi connectivity index (χ1) is 14.2. The average molecular weight is 411 g/mol. The third-order valence-electron chi connectivity index (χ3n) is 5.07. The zero-order chi connectivity index (χ0) is 20.1. The largest absolute Gasteiger partial charge is 0.367 e. The summed E-state index contributed by atoms with van der Waals surface area (Å²) in [6, 6.07) is 16.5. The minimum Gasteiger partial charge on any atom is -0.367 e. The van der Waals surface area contributed by atoms with Crippen LogP contribution in [0.3, 0.4) is 0 Å². The van der Waals surface area contributed by atoms with Gasteiger partial charge in [0.15, 0.2) is 0 Å². The van der Waals surface area contributed by atoms with Gasteiger partial charge in [-0.25, -0.2) is 9.37 Å². The summed E-state index contributed by atoms with van der Waals surface area (Å²) in [7, 11) is 0. The van der Waals surface area contributed by atoms with E-state index in [1.807, 2.05) is 46.7 Å². The van der Waals surface area contributed by atoms with Crippen LogP contribution in [0, 0.1) is 5.82 Å². The van der Waals surface area contributed by atoms with Crippen LogP contribution in [0.15, 0.2) is 66.2 Å². The summed E-state index contributed by atoms with van der Waals surface area (Å²) in [4.78, 5) is 21.3. The van der Waals surface area contributed by atoms with Gasteiger partial charge >= 0.3 is 0 Å². The number of piperazine rings is 1. The number of aromatic nitrogens is 1. The molecule has 0 spiro atoms. The molecule has 1 unspecified atom stereocenters. The summed E-state index contributed by atoms with van der Waals surface area (Å²) >= 11 is 1.53. The van der Waals surface area contributed by atoms with E-state index in [-0.39, 0.29) is 17.8 Å². The predicted molar refractivity (Wildman–Crippen MR) is 114 cm³/mol. The number of carbonyl (C=O) groups excluding carboxylic acids is 1. The number of rotatable bonds is 6. The lowest BCUT2D eigenvalue weighted by Crippen LogP contribution is -2.50. The quantitative estimate of drug-likeness (QED) is 0.677. The number of nitrogens with one attached hydrogen (secondary N) is 1. The van der Waals surface area contributed by atoms with E-state index >= 15 is 0 Å². The molecule has 0 bridgehead atoms. The Labute approximate surface area is 173 Å². The highest BCUT2D eigenvalue weighted by Gasteiger charge is 2.23. The Bertz CT molecular complexity index is 927.